The van der Waals surface area contributed by atoms with Crippen LogP contribution in [0.4, 0.5) is 0 Å². The average molecular weight is 141 g/mol. The molecule has 10 heavy (non-hydrogen) atoms. The Balaban J connectivity index is 2.64. The molecule has 0 aromatic carbocycles. The predicted octanol–water partition coefficient (Wildman–Crippen LogP) is 0.994. The molecule has 4 heteroatoms. The zero-order valence-electron chi connectivity index (χ0n) is 6.24. The van der Waals surface area contributed by atoms with Crippen molar-refractivity contribution in [2.75, 3.05) is 6.54 Å². The van der Waals surface area contributed by atoms with E-state index >= 15 is 0 Å². The van der Waals surface area contributed by atoms with Crippen LogP contribution in [0.2, 0.25) is 0 Å². The third-order valence-electron chi connectivity index (χ3n) is 1.33. The number of amides is 1. The summed E-state index contributed by atoms with van der Waals surface area (Å²) in [6.07, 6.45) is 0.502. The maximum absolute atomic E-state index is 11.0. The SMILES string of the molecule is CC(C)N1N=NCCC1=O. The normalized spacial score (nSPS) is 18.7. The van der Waals surface area contributed by atoms with Crippen LogP contribution in [0.15, 0.2) is 10.3 Å². The number of carbonyl (C=O) groups excluding carboxylic acids is 1. The Bertz CT molecular complexity index is 164. The minimum absolute atomic E-state index is 0.0741. The van der Waals surface area contributed by atoms with Crippen molar-refractivity contribution in [1.82, 2.24) is 5.01 Å². The molecule has 0 N–H and O–H groups in total. The second-order valence-corrected chi connectivity index (χ2v) is 2.54. The molecule has 1 rings (SSSR count). The molecule has 0 unspecified atom stereocenters. The van der Waals surface area contributed by atoms with Crippen LogP contribution in [-0.2, 0) is 4.79 Å². The highest BCUT2D eigenvalue weighted by Crippen LogP contribution is 2.07. The second kappa shape index (κ2) is 2.77. The molecular formula is C6H11N3O. The third-order valence-corrected chi connectivity index (χ3v) is 1.33. The highest BCUT2D eigenvalue weighted by Gasteiger charge is 2.18. The quantitative estimate of drug-likeness (QED) is 0.537. The zero-order chi connectivity index (χ0) is 7.56. The Labute approximate surface area is 59.9 Å². The van der Waals surface area contributed by atoms with Gasteiger partial charge in [-0.1, -0.05) is 5.22 Å². The van der Waals surface area contributed by atoms with Crippen LogP contribution in [0.5, 0.6) is 0 Å². The first-order chi connectivity index (χ1) is 4.72. The first-order valence-corrected chi connectivity index (χ1v) is 3.41. The van der Waals surface area contributed by atoms with Crippen LogP contribution >= 0.6 is 0 Å². The molecule has 1 amide bonds. The zero-order valence-corrected chi connectivity index (χ0v) is 6.24. The van der Waals surface area contributed by atoms with Gasteiger partial charge in [0.2, 0.25) is 5.91 Å². The third kappa shape index (κ3) is 1.32. The van der Waals surface area contributed by atoms with Gasteiger partial charge in [0.05, 0.1) is 19.0 Å². The van der Waals surface area contributed by atoms with Gasteiger partial charge in [0.15, 0.2) is 0 Å². The number of rotatable bonds is 1. The Hall–Kier alpha value is -0.930. The minimum Gasteiger partial charge on any atom is -0.273 e. The molecule has 0 aromatic heterocycles. The first kappa shape index (κ1) is 7.18. The largest absolute Gasteiger partial charge is 0.273 e. The van der Waals surface area contributed by atoms with Crippen molar-refractivity contribution in [3.05, 3.63) is 0 Å². The topological polar surface area (TPSA) is 45.0 Å². The summed E-state index contributed by atoms with van der Waals surface area (Å²) in [5.74, 6) is 0.0741. The van der Waals surface area contributed by atoms with Crippen molar-refractivity contribution in [3.63, 3.8) is 0 Å². The summed E-state index contributed by atoms with van der Waals surface area (Å²) in [4.78, 5) is 11.0. The number of nitrogens with zero attached hydrogens (tertiary/aromatic N) is 3. The lowest BCUT2D eigenvalue weighted by Crippen LogP contribution is -2.34. The van der Waals surface area contributed by atoms with Gasteiger partial charge >= 0.3 is 0 Å². The summed E-state index contributed by atoms with van der Waals surface area (Å²) < 4.78 is 0. The Kier molecular flexibility index (Phi) is 1.99. The van der Waals surface area contributed by atoms with Gasteiger partial charge in [-0.3, -0.25) is 4.79 Å². The Morgan fingerprint density at radius 2 is 2.30 bits per heavy atom. The predicted molar refractivity (Wildman–Crippen MR) is 36.3 cm³/mol. The molecule has 0 aromatic rings. The van der Waals surface area contributed by atoms with Gasteiger partial charge in [-0.2, -0.15) is 5.11 Å². The van der Waals surface area contributed by atoms with E-state index in [0.717, 1.165) is 0 Å². The van der Waals surface area contributed by atoms with E-state index in [-0.39, 0.29) is 11.9 Å². The molecule has 0 bridgehead atoms. The molecule has 0 aliphatic carbocycles. The van der Waals surface area contributed by atoms with Crippen LogP contribution < -0.4 is 0 Å². The van der Waals surface area contributed by atoms with Crippen molar-refractivity contribution in [3.8, 4) is 0 Å². The van der Waals surface area contributed by atoms with Gasteiger partial charge < -0.3 is 0 Å². The average Bonchev–Trinajstić information content (AvgIpc) is 1.88. The molecule has 56 valence electrons. The summed E-state index contributed by atoms with van der Waals surface area (Å²) in [6.45, 7) is 4.38. The van der Waals surface area contributed by atoms with Crippen LogP contribution in [-0.4, -0.2) is 23.5 Å². The van der Waals surface area contributed by atoms with Crippen LogP contribution in [0.1, 0.15) is 20.3 Å². The molecule has 0 atom stereocenters. The van der Waals surface area contributed by atoms with Crippen LogP contribution in [0.3, 0.4) is 0 Å². The van der Waals surface area contributed by atoms with Crippen molar-refractivity contribution in [1.29, 1.82) is 0 Å². The maximum Gasteiger partial charge on any atom is 0.246 e. The van der Waals surface area contributed by atoms with E-state index in [1.165, 1.54) is 5.01 Å². The van der Waals surface area contributed by atoms with Gasteiger partial charge in [-0.15, -0.1) is 0 Å². The van der Waals surface area contributed by atoms with Crippen molar-refractivity contribution in [2.45, 2.75) is 26.3 Å². The number of carbonyl (C=O) groups is 1. The molecule has 0 saturated carbocycles. The summed E-state index contributed by atoms with van der Waals surface area (Å²) in [7, 11) is 0. The lowest BCUT2D eigenvalue weighted by Gasteiger charge is -2.21. The minimum atomic E-state index is 0.0741. The second-order valence-electron chi connectivity index (χ2n) is 2.54. The molecule has 0 spiro atoms. The molecule has 1 aliphatic rings. The van der Waals surface area contributed by atoms with E-state index in [1.807, 2.05) is 13.8 Å². The Morgan fingerprint density at radius 1 is 1.60 bits per heavy atom. The molecule has 1 heterocycles. The van der Waals surface area contributed by atoms with Gasteiger partial charge in [0.1, 0.15) is 0 Å². The molecule has 0 saturated heterocycles. The van der Waals surface area contributed by atoms with Crippen molar-refractivity contribution in [2.24, 2.45) is 10.3 Å². The monoisotopic (exact) mass is 141 g/mol. The lowest BCUT2D eigenvalue weighted by atomic mass is 10.3. The molecule has 4 nitrogen and oxygen atoms in total. The van der Waals surface area contributed by atoms with Gasteiger partial charge in [-0.25, -0.2) is 5.01 Å². The maximum atomic E-state index is 11.0. The Morgan fingerprint density at radius 3 is 2.70 bits per heavy atom. The first-order valence-electron chi connectivity index (χ1n) is 3.41. The van der Waals surface area contributed by atoms with E-state index in [1.54, 1.807) is 0 Å². The van der Waals surface area contributed by atoms with E-state index in [0.29, 0.717) is 13.0 Å². The van der Waals surface area contributed by atoms with Crippen molar-refractivity contribution < 1.29 is 4.79 Å². The molecule has 1 aliphatic heterocycles. The molecule has 0 fully saturated rings. The molecule has 0 radical (unpaired) electrons. The fourth-order valence-corrected chi connectivity index (χ4v) is 0.814. The highest BCUT2D eigenvalue weighted by molar-refractivity contribution is 5.76. The highest BCUT2D eigenvalue weighted by atomic mass is 16.2. The van der Waals surface area contributed by atoms with Gasteiger partial charge in [0.25, 0.3) is 0 Å². The van der Waals surface area contributed by atoms with E-state index in [9.17, 15) is 4.79 Å². The summed E-state index contributed by atoms with van der Waals surface area (Å²) >= 11 is 0. The van der Waals surface area contributed by atoms with Crippen LogP contribution in [0.25, 0.3) is 0 Å². The standard InChI is InChI=1S/C6H11N3O/c1-5(2)9-6(10)3-4-7-8-9/h5H,3-4H2,1-2H3. The van der Waals surface area contributed by atoms with E-state index < -0.39 is 0 Å². The molecular weight excluding hydrogens is 130 g/mol. The summed E-state index contributed by atoms with van der Waals surface area (Å²) in [6, 6.07) is 0.136. The summed E-state index contributed by atoms with van der Waals surface area (Å²) in [5.41, 5.74) is 0. The fraction of sp³-hybridized carbons (Fsp3) is 0.833. The smallest absolute Gasteiger partial charge is 0.246 e. The van der Waals surface area contributed by atoms with Gasteiger partial charge in [-0.05, 0) is 13.8 Å². The number of hydrogen-bond donors (Lipinski definition) is 0. The number of hydrogen-bond acceptors (Lipinski definition) is 3. The lowest BCUT2D eigenvalue weighted by molar-refractivity contribution is -0.134. The summed E-state index contributed by atoms with van der Waals surface area (Å²) in [5, 5.41) is 8.90. The van der Waals surface area contributed by atoms with Crippen LogP contribution in [0, 0.1) is 0 Å². The van der Waals surface area contributed by atoms with E-state index in [4.69, 9.17) is 0 Å². The fourth-order valence-electron chi connectivity index (χ4n) is 0.814. The van der Waals surface area contributed by atoms with Crippen molar-refractivity contribution >= 4 is 5.91 Å². The van der Waals surface area contributed by atoms with E-state index in [2.05, 4.69) is 10.3 Å². The van der Waals surface area contributed by atoms with Gasteiger partial charge in [0, 0.05) is 0 Å².